The molecule has 2 bridgehead atoms. The van der Waals surface area contributed by atoms with E-state index in [9.17, 15) is 4.79 Å². The molecule has 2 unspecified atom stereocenters. The van der Waals surface area contributed by atoms with Crippen LogP contribution in [0, 0.1) is 16.7 Å². The Hall–Kier alpha value is -0.850. The van der Waals surface area contributed by atoms with Gasteiger partial charge in [-0.25, -0.2) is 0 Å². The SMILES string of the molecule is C=CC12C(=C)CCC(C1=O)C2(C)C. The molecule has 3 saturated carbocycles. The first-order valence-corrected chi connectivity index (χ1v) is 4.84. The zero-order valence-corrected chi connectivity index (χ0v) is 8.39. The molecule has 3 rings (SSSR count). The third-order valence-corrected chi connectivity index (χ3v) is 4.19. The summed E-state index contributed by atoms with van der Waals surface area (Å²) >= 11 is 0. The Morgan fingerprint density at radius 3 is 2.46 bits per heavy atom. The van der Waals surface area contributed by atoms with Crippen molar-refractivity contribution in [2.24, 2.45) is 16.7 Å². The average Bonchev–Trinajstić information content (AvgIpc) is 2.04. The molecule has 2 atom stereocenters. The van der Waals surface area contributed by atoms with Crippen LogP contribution in [0.5, 0.6) is 0 Å². The zero-order valence-electron chi connectivity index (χ0n) is 8.39. The van der Waals surface area contributed by atoms with Crippen molar-refractivity contribution in [2.45, 2.75) is 26.7 Å². The molecule has 0 aromatic carbocycles. The van der Waals surface area contributed by atoms with Crippen molar-refractivity contribution in [3.05, 3.63) is 24.8 Å². The van der Waals surface area contributed by atoms with Crippen molar-refractivity contribution in [1.82, 2.24) is 0 Å². The van der Waals surface area contributed by atoms with Gasteiger partial charge in [0.2, 0.25) is 0 Å². The van der Waals surface area contributed by atoms with Crippen LogP contribution in [0.2, 0.25) is 0 Å². The molecule has 0 radical (unpaired) electrons. The Kier molecular flexibility index (Phi) is 1.44. The van der Waals surface area contributed by atoms with E-state index in [1.165, 1.54) is 0 Å². The van der Waals surface area contributed by atoms with Crippen LogP contribution in [-0.2, 0) is 4.79 Å². The molecule has 0 amide bonds. The Balaban J connectivity index is 2.55. The third-order valence-electron chi connectivity index (χ3n) is 4.19. The smallest absolute Gasteiger partial charge is 0.151 e. The van der Waals surface area contributed by atoms with Gasteiger partial charge in [0.25, 0.3) is 0 Å². The molecule has 0 heterocycles. The summed E-state index contributed by atoms with van der Waals surface area (Å²) in [5.74, 6) is 0.597. The van der Waals surface area contributed by atoms with Crippen LogP contribution >= 0.6 is 0 Å². The van der Waals surface area contributed by atoms with Crippen LogP contribution < -0.4 is 0 Å². The average molecular weight is 176 g/mol. The Labute approximate surface area is 79.5 Å². The van der Waals surface area contributed by atoms with E-state index in [2.05, 4.69) is 27.0 Å². The maximum atomic E-state index is 11.9. The molecule has 3 aliphatic rings. The van der Waals surface area contributed by atoms with E-state index >= 15 is 0 Å². The standard InChI is InChI=1S/C12H16O/c1-5-12-8(2)6-7-9(10(12)13)11(12,3)4/h5,9H,1-2,6-7H2,3-4H3. The van der Waals surface area contributed by atoms with E-state index < -0.39 is 5.41 Å². The maximum absolute atomic E-state index is 11.9. The van der Waals surface area contributed by atoms with E-state index in [-0.39, 0.29) is 11.3 Å². The summed E-state index contributed by atoms with van der Waals surface area (Å²) in [6.45, 7) is 12.2. The zero-order chi connectivity index (χ0) is 9.85. The second-order valence-corrected chi connectivity index (χ2v) is 4.79. The lowest BCUT2D eigenvalue weighted by Crippen LogP contribution is -2.66. The molecule has 0 N–H and O–H groups in total. The van der Waals surface area contributed by atoms with Crippen molar-refractivity contribution in [3.63, 3.8) is 0 Å². The van der Waals surface area contributed by atoms with E-state index in [1.54, 1.807) is 0 Å². The molecule has 3 aliphatic carbocycles. The minimum atomic E-state index is -0.393. The van der Waals surface area contributed by atoms with Crippen LogP contribution in [0.3, 0.4) is 0 Å². The van der Waals surface area contributed by atoms with Gasteiger partial charge in [0.15, 0.2) is 5.78 Å². The molecule has 1 nitrogen and oxygen atoms in total. The summed E-state index contributed by atoms with van der Waals surface area (Å²) < 4.78 is 0. The number of ketones is 1. The first kappa shape index (κ1) is 8.74. The van der Waals surface area contributed by atoms with Crippen molar-refractivity contribution in [3.8, 4) is 0 Å². The van der Waals surface area contributed by atoms with E-state index in [4.69, 9.17) is 0 Å². The molecular weight excluding hydrogens is 160 g/mol. The lowest BCUT2D eigenvalue weighted by Gasteiger charge is -2.63. The number of carbonyl (C=O) groups is 1. The Morgan fingerprint density at radius 1 is 1.54 bits per heavy atom. The van der Waals surface area contributed by atoms with Crippen molar-refractivity contribution < 1.29 is 4.79 Å². The van der Waals surface area contributed by atoms with Crippen molar-refractivity contribution in [2.75, 3.05) is 0 Å². The maximum Gasteiger partial charge on any atom is 0.151 e. The molecule has 13 heavy (non-hydrogen) atoms. The first-order valence-electron chi connectivity index (χ1n) is 4.84. The molecule has 70 valence electrons. The highest BCUT2D eigenvalue weighted by molar-refractivity contribution is 6.01. The third kappa shape index (κ3) is 0.641. The number of fused-ring (bicyclic) bond motifs is 2. The number of rotatable bonds is 1. The van der Waals surface area contributed by atoms with Crippen LogP contribution in [0.4, 0.5) is 0 Å². The molecule has 0 saturated heterocycles. The summed E-state index contributed by atoms with van der Waals surface area (Å²) in [5, 5.41) is 0. The summed E-state index contributed by atoms with van der Waals surface area (Å²) in [6, 6.07) is 0. The first-order chi connectivity index (χ1) is 5.98. The van der Waals surface area contributed by atoms with Gasteiger partial charge in [0.1, 0.15) is 0 Å². The Morgan fingerprint density at radius 2 is 2.15 bits per heavy atom. The fourth-order valence-electron chi connectivity index (χ4n) is 3.26. The van der Waals surface area contributed by atoms with Gasteiger partial charge < -0.3 is 0 Å². The normalized spacial score (nSPS) is 41.2. The summed E-state index contributed by atoms with van der Waals surface area (Å²) in [6.07, 6.45) is 3.79. The van der Waals surface area contributed by atoms with Gasteiger partial charge in [-0.3, -0.25) is 4.79 Å². The largest absolute Gasteiger partial charge is 0.298 e. The highest BCUT2D eigenvalue weighted by atomic mass is 16.1. The number of Topliss-reactive ketones (excluding diaryl/α,β-unsaturated/α-hetero) is 1. The molecular formula is C12H16O. The highest BCUT2D eigenvalue weighted by Crippen LogP contribution is 2.67. The van der Waals surface area contributed by atoms with Crippen LogP contribution in [0.25, 0.3) is 0 Å². The van der Waals surface area contributed by atoms with Gasteiger partial charge in [-0.1, -0.05) is 32.1 Å². The fraction of sp³-hybridized carbons (Fsp3) is 0.583. The quantitative estimate of drug-likeness (QED) is 0.561. The Bertz CT molecular complexity index is 301. The van der Waals surface area contributed by atoms with Crippen LogP contribution in [0.1, 0.15) is 26.7 Å². The second kappa shape index (κ2) is 2.14. The molecule has 0 spiro atoms. The van der Waals surface area contributed by atoms with E-state index in [0.29, 0.717) is 5.78 Å². The summed E-state index contributed by atoms with van der Waals surface area (Å²) in [5.41, 5.74) is 0.733. The van der Waals surface area contributed by atoms with E-state index in [1.807, 2.05) is 6.08 Å². The van der Waals surface area contributed by atoms with Crippen molar-refractivity contribution in [1.29, 1.82) is 0 Å². The minimum absolute atomic E-state index is 0.0567. The van der Waals surface area contributed by atoms with Gasteiger partial charge in [0.05, 0.1) is 5.41 Å². The van der Waals surface area contributed by atoms with Crippen LogP contribution in [-0.4, -0.2) is 5.78 Å². The van der Waals surface area contributed by atoms with Gasteiger partial charge in [-0.05, 0) is 18.3 Å². The topological polar surface area (TPSA) is 17.1 Å². The van der Waals surface area contributed by atoms with Gasteiger partial charge in [0, 0.05) is 5.92 Å². The molecule has 3 fully saturated rings. The predicted octanol–water partition coefficient (Wildman–Crippen LogP) is 2.73. The summed E-state index contributed by atoms with van der Waals surface area (Å²) in [4.78, 5) is 11.9. The molecule has 1 heteroatoms. The lowest BCUT2D eigenvalue weighted by molar-refractivity contribution is -0.164. The number of allylic oxidation sites excluding steroid dienone is 2. The number of hydrogen-bond acceptors (Lipinski definition) is 1. The highest BCUT2D eigenvalue weighted by Gasteiger charge is 2.68. The lowest BCUT2D eigenvalue weighted by atomic mass is 9.38. The molecule has 0 aromatic rings. The van der Waals surface area contributed by atoms with Crippen molar-refractivity contribution >= 4 is 5.78 Å². The second-order valence-electron chi connectivity index (χ2n) is 4.79. The minimum Gasteiger partial charge on any atom is -0.298 e. The van der Waals surface area contributed by atoms with Gasteiger partial charge in [-0.2, -0.15) is 0 Å². The molecule has 0 aliphatic heterocycles. The van der Waals surface area contributed by atoms with Gasteiger partial charge in [-0.15, -0.1) is 6.58 Å². The molecule has 0 aromatic heterocycles. The van der Waals surface area contributed by atoms with Crippen LogP contribution in [0.15, 0.2) is 24.8 Å². The number of carbonyl (C=O) groups excluding carboxylic acids is 1. The number of hydrogen-bond donors (Lipinski definition) is 0. The van der Waals surface area contributed by atoms with Gasteiger partial charge >= 0.3 is 0 Å². The van der Waals surface area contributed by atoms with E-state index in [0.717, 1.165) is 18.4 Å². The fourth-order valence-corrected chi connectivity index (χ4v) is 3.26. The monoisotopic (exact) mass is 176 g/mol. The summed E-state index contributed by atoms with van der Waals surface area (Å²) in [7, 11) is 0. The predicted molar refractivity (Wildman–Crippen MR) is 53.3 cm³/mol.